The van der Waals surface area contributed by atoms with Gasteiger partial charge in [0.2, 0.25) is 15.1 Å². The van der Waals surface area contributed by atoms with Gasteiger partial charge in [-0.3, -0.25) is 0 Å². The highest BCUT2D eigenvalue weighted by Crippen LogP contribution is 2.37. The topological polar surface area (TPSA) is 65.3 Å². The van der Waals surface area contributed by atoms with Gasteiger partial charge in [-0.1, -0.05) is 0 Å². The standard InChI is InChI=1S/C12H20N4O2S2/c1-2-20(17,18)15-7-3-4-9(8-15)11-13-14-12(19)16(11)10-5-6-10/h9-11H,2-8H2,1H3. The second kappa shape index (κ2) is 5.31. The summed E-state index contributed by atoms with van der Waals surface area (Å²) in [5.41, 5.74) is 0. The molecule has 6 nitrogen and oxygen atoms in total. The first-order valence-electron chi connectivity index (χ1n) is 7.24. The van der Waals surface area contributed by atoms with Gasteiger partial charge in [0, 0.05) is 25.0 Å². The van der Waals surface area contributed by atoms with Crippen molar-refractivity contribution in [2.75, 3.05) is 18.8 Å². The lowest BCUT2D eigenvalue weighted by atomic mass is 9.96. The van der Waals surface area contributed by atoms with Crippen LogP contribution in [0.25, 0.3) is 0 Å². The average Bonchev–Trinajstić information content (AvgIpc) is 3.21. The van der Waals surface area contributed by atoms with Crippen LogP contribution in [0.3, 0.4) is 0 Å². The van der Waals surface area contributed by atoms with Crippen molar-refractivity contribution in [3.05, 3.63) is 0 Å². The molecule has 2 aliphatic heterocycles. The summed E-state index contributed by atoms with van der Waals surface area (Å²) in [6.07, 6.45) is 4.12. The maximum Gasteiger partial charge on any atom is 0.218 e. The minimum Gasteiger partial charge on any atom is -0.319 e. The van der Waals surface area contributed by atoms with Gasteiger partial charge < -0.3 is 4.90 Å². The molecule has 0 spiro atoms. The maximum absolute atomic E-state index is 12.0. The lowest BCUT2D eigenvalue weighted by Gasteiger charge is -2.36. The Morgan fingerprint density at radius 3 is 2.75 bits per heavy atom. The normalized spacial score (nSPS) is 32.0. The zero-order valence-corrected chi connectivity index (χ0v) is 13.2. The predicted molar refractivity (Wildman–Crippen MR) is 79.9 cm³/mol. The van der Waals surface area contributed by atoms with E-state index in [2.05, 4.69) is 15.1 Å². The van der Waals surface area contributed by atoms with E-state index in [-0.39, 0.29) is 17.8 Å². The monoisotopic (exact) mass is 316 g/mol. The van der Waals surface area contributed by atoms with E-state index in [0.29, 0.717) is 24.2 Å². The number of nitrogens with zero attached hydrogens (tertiary/aromatic N) is 4. The Morgan fingerprint density at radius 2 is 2.10 bits per heavy atom. The van der Waals surface area contributed by atoms with Crippen LogP contribution in [0.15, 0.2) is 10.2 Å². The first-order chi connectivity index (χ1) is 9.53. The zero-order chi connectivity index (χ0) is 14.3. The molecule has 0 bridgehead atoms. The van der Waals surface area contributed by atoms with Crippen LogP contribution in [0.1, 0.15) is 32.6 Å². The Kier molecular flexibility index (Phi) is 3.81. The molecule has 3 rings (SSSR count). The number of hydrogen-bond donors (Lipinski definition) is 0. The third-order valence-electron chi connectivity index (χ3n) is 4.31. The average molecular weight is 316 g/mol. The van der Waals surface area contributed by atoms with Crippen LogP contribution in [-0.4, -0.2) is 53.8 Å². The van der Waals surface area contributed by atoms with Crippen LogP contribution in [0.4, 0.5) is 0 Å². The van der Waals surface area contributed by atoms with Crippen molar-refractivity contribution in [2.24, 2.45) is 16.1 Å². The maximum atomic E-state index is 12.0. The molecule has 112 valence electrons. The molecule has 2 atom stereocenters. The first-order valence-corrected chi connectivity index (χ1v) is 9.25. The summed E-state index contributed by atoms with van der Waals surface area (Å²) in [5.74, 6) is 0.367. The van der Waals surface area contributed by atoms with Crippen molar-refractivity contribution in [2.45, 2.75) is 44.8 Å². The number of azo groups is 1. The molecule has 20 heavy (non-hydrogen) atoms. The smallest absolute Gasteiger partial charge is 0.218 e. The van der Waals surface area contributed by atoms with Gasteiger partial charge >= 0.3 is 0 Å². The van der Waals surface area contributed by atoms with Crippen molar-refractivity contribution in [1.29, 1.82) is 0 Å². The summed E-state index contributed by atoms with van der Waals surface area (Å²) in [4.78, 5) is 2.13. The van der Waals surface area contributed by atoms with Crippen molar-refractivity contribution in [3.63, 3.8) is 0 Å². The third-order valence-corrected chi connectivity index (χ3v) is 6.45. The minimum absolute atomic E-state index is 0.0511. The molecule has 1 saturated heterocycles. The predicted octanol–water partition coefficient (Wildman–Crippen LogP) is 1.59. The Labute approximate surface area is 125 Å². The van der Waals surface area contributed by atoms with Crippen LogP contribution >= 0.6 is 12.2 Å². The number of piperidine rings is 1. The molecule has 1 aliphatic carbocycles. The highest BCUT2D eigenvalue weighted by molar-refractivity contribution is 7.89. The van der Waals surface area contributed by atoms with Gasteiger partial charge in [-0.25, -0.2) is 12.7 Å². The van der Waals surface area contributed by atoms with Crippen molar-refractivity contribution in [3.8, 4) is 0 Å². The second-order valence-electron chi connectivity index (χ2n) is 5.71. The van der Waals surface area contributed by atoms with Crippen molar-refractivity contribution in [1.82, 2.24) is 9.21 Å². The molecule has 0 aromatic heterocycles. The van der Waals surface area contributed by atoms with E-state index in [1.165, 1.54) is 0 Å². The molecule has 0 aromatic rings. The van der Waals surface area contributed by atoms with Gasteiger partial charge in [0.15, 0.2) is 0 Å². The summed E-state index contributed by atoms with van der Waals surface area (Å²) in [5, 5.41) is 8.95. The SMILES string of the molecule is CCS(=O)(=O)N1CCCC(C2N=NC(=S)N2C2CC2)C1. The quantitative estimate of drug-likeness (QED) is 0.739. The van der Waals surface area contributed by atoms with E-state index < -0.39 is 10.0 Å². The lowest BCUT2D eigenvalue weighted by molar-refractivity contribution is 0.166. The van der Waals surface area contributed by atoms with E-state index in [1.54, 1.807) is 11.2 Å². The highest BCUT2D eigenvalue weighted by Gasteiger charge is 2.44. The molecule has 3 aliphatic rings. The van der Waals surface area contributed by atoms with Crippen molar-refractivity contribution < 1.29 is 8.42 Å². The van der Waals surface area contributed by atoms with E-state index in [9.17, 15) is 8.42 Å². The summed E-state index contributed by atoms with van der Waals surface area (Å²) in [6, 6.07) is 0.473. The molecule has 0 amide bonds. The molecule has 2 fully saturated rings. The van der Waals surface area contributed by atoms with E-state index >= 15 is 0 Å². The Bertz CT molecular complexity index is 530. The Balaban J connectivity index is 1.74. The Morgan fingerprint density at radius 1 is 1.35 bits per heavy atom. The summed E-state index contributed by atoms with van der Waals surface area (Å²) < 4.78 is 25.7. The molecular formula is C12H20N4O2S2. The molecule has 2 unspecified atom stereocenters. The molecule has 0 N–H and O–H groups in total. The molecule has 0 aromatic carbocycles. The van der Waals surface area contributed by atoms with Crippen LogP contribution < -0.4 is 0 Å². The van der Waals surface area contributed by atoms with Crippen LogP contribution in [-0.2, 0) is 10.0 Å². The fourth-order valence-electron chi connectivity index (χ4n) is 3.03. The fourth-order valence-corrected chi connectivity index (χ4v) is 4.52. The van der Waals surface area contributed by atoms with Gasteiger partial charge in [-0.2, -0.15) is 5.11 Å². The van der Waals surface area contributed by atoms with Gasteiger partial charge in [0.1, 0.15) is 6.17 Å². The van der Waals surface area contributed by atoms with E-state index in [0.717, 1.165) is 25.7 Å². The third kappa shape index (κ3) is 2.60. The summed E-state index contributed by atoms with van der Waals surface area (Å²) >= 11 is 5.26. The van der Waals surface area contributed by atoms with Gasteiger partial charge in [-0.15, -0.1) is 5.11 Å². The van der Waals surface area contributed by atoms with Crippen LogP contribution in [0.2, 0.25) is 0 Å². The van der Waals surface area contributed by atoms with Gasteiger partial charge in [0.05, 0.1) is 5.75 Å². The lowest BCUT2D eigenvalue weighted by Crippen LogP contribution is -2.48. The molecule has 2 heterocycles. The summed E-state index contributed by atoms with van der Waals surface area (Å²) in [6.45, 7) is 2.87. The first kappa shape index (κ1) is 14.3. The van der Waals surface area contributed by atoms with Crippen molar-refractivity contribution >= 4 is 27.4 Å². The summed E-state index contributed by atoms with van der Waals surface area (Å²) in [7, 11) is -3.11. The van der Waals surface area contributed by atoms with E-state index in [4.69, 9.17) is 12.2 Å². The second-order valence-corrected chi connectivity index (χ2v) is 8.33. The number of sulfonamides is 1. The van der Waals surface area contributed by atoms with Crippen LogP contribution in [0, 0.1) is 5.92 Å². The molecular weight excluding hydrogens is 296 g/mol. The van der Waals surface area contributed by atoms with Gasteiger partial charge in [-0.05, 0) is 44.8 Å². The highest BCUT2D eigenvalue weighted by atomic mass is 32.2. The molecule has 1 saturated carbocycles. The Hall–Kier alpha value is -0.600. The molecule has 8 heteroatoms. The fraction of sp³-hybridized carbons (Fsp3) is 0.917. The van der Waals surface area contributed by atoms with Gasteiger partial charge in [0.25, 0.3) is 0 Å². The van der Waals surface area contributed by atoms with E-state index in [1.807, 2.05) is 0 Å². The zero-order valence-electron chi connectivity index (χ0n) is 11.6. The number of hydrogen-bond acceptors (Lipinski definition) is 4. The number of rotatable bonds is 4. The molecule has 0 radical (unpaired) electrons. The van der Waals surface area contributed by atoms with Crippen LogP contribution in [0.5, 0.6) is 0 Å². The minimum atomic E-state index is -3.11. The largest absolute Gasteiger partial charge is 0.319 e. The number of thiocarbonyl (C=S) groups is 1.